The van der Waals surface area contributed by atoms with Gasteiger partial charge in [-0.2, -0.15) is 0 Å². The van der Waals surface area contributed by atoms with Gasteiger partial charge in [-0.25, -0.2) is 4.39 Å². The maximum atomic E-state index is 13.0. The number of halogens is 1. The predicted molar refractivity (Wildman–Crippen MR) is 77.8 cm³/mol. The summed E-state index contributed by atoms with van der Waals surface area (Å²) < 4.78 is 18.1. The van der Waals surface area contributed by atoms with E-state index in [0.717, 1.165) is 24.3 Å². The zero-order valence-corrected chi connectivity index (χ0v) is 11.8. The second kappa shape index (κ2) is 5.56. The lowest BCUT2D eigenvalue weighted by Crippen LogP contribution is -2.45. The molecule has 108 valence electrons. The Morgan fingerprint density at radius 2 is 1.81 bits per heavy atom. The second-order valence-corrected chi connectivity index (χ2v) is 5.08. The lowest BCUT2D eigenvalue weighted by Gasteiger charge is -2.41. The van der Waals surface area contributed by atoms with Crippen LogP contribution in [-0.2, 0) is 0 Å². The molecule has 2 aromatic carbocycles. The van der Waals surface area contributed by atoms with Gasteiger partial charge in [0.15, 0.2) is 0 Å². The van der Waals surface area contributed by atoms with Crippen molar-refractivity contribution in [3.63, 3.8) is 0 Å². The molecule has 0 saturated carbocycles. The van der Waals surface area contributed by atoms with E-state index in [2.05, 4.69) is 0 Å². The van der Waals surface area contributed by atoms with E-state index >= 15 is 0 Å². The van der Waals surface area contributed by atoms with Crippen LogP contribution in [0.25, 0.3) is 0 Å². The van der Waals surface area contributed by atoms with Gasteiger partial charge in [0.05, 0.1) is 13.2 Å². The van der Waals surface area contributed by atoms with Crippen molar-refractivity contribution in [2.45, 2.75) is 12.5 Å². The van der Waals surface area contributed by atoms with Crippen LogP contribution in [0.4, 0.5) is 4.39 Å². The molecule has 1 aliphatic rings. The molecule has 1 amide bonds. The molecule has 1 heterocycles. The molecular weight excluding hydrogens is 269 g/mol. The molecule has 0 N–H and O–H groups in total. The SMILES string of the molecule is COc1ccc(C(=O)N2CC[C@@H]2c2ccc(F)cc2)cc1. The third-order valence-corrected chi connectivity index (χ3v) is 3.87. The summed E-state index contributed by atoms with van der Waals surface area (Å²) in [7, 11) is 1.59. The Morgan fingerprint density at radius 1 is 1.14 bits per heavy atom. The molecule has 0 radical (unpaired) electrons. The topological polar surface area (TPSA) is 29.5 Å². The quantitative estimate of drug-likeness (QED) is 0.864. The van der Waals surface area contributed by atoms with E-state index in [1.165, 1.54) is 12.1 Å². The maximum absolute atomic E-state index is 13.0. The van der Waals surface area contributed by atoms with E-state index < -0.39 is 0 Å². The summed E-state index contributed by atoms with van der Waals surface area (Å²) >= 11 is 0. The van der Waals surface area contributed by atoms with E-state index in [1.807, 2.05) is 4.90 Å². The third-order valence-electron chi connectivity index (χ3n) is 3.87. The standard InChI is InChI=1S/C17H16FNO2/c1-21-15-8-4-13(5-9-15)17(20)19-11-10-16(19)12-2-6-14(18)7-3-12/h2-9,16H,10-11H2,1H3/t16-/m1/s1. The average molecular weight is 285 g/mol. The van der Waals surface area contributed by atoms with Gasteiger partial charge in [0, 0.05) is 12.1 Å². The zero-order valence-electron chi connectivity index (χ0n) is 11.8. The number of carbonyl (C=O) groups is 1. The van der Waals surface area contributed by atoms with Crippen LogP contribution in [0.2, 0.25) is 0 Å². The fourth-order valence-corrected chi connectivity index (χ4v) is 2.56. The molecular formula is C17H16FNO2. The first-order valence-corrected chi connectivity index (χ1v) is 6.89. The van der Waals surface area contributed by atoms with E-state index in [4.69, 9.17) is 4.74 Å². The fraction of sp³-hybridized carbons (Fsp3) is 0.235. The van der Waals surface area contributed by atoms with E-state index in [-0.39, 0.29) is 17.8 Å². The summed E-state index contributed by atoms with van der Waals surface area (Å²) in [4.78, 5) is 14.3. The predicted octanol–water partition coefficient (Wildman–Crippen LogP) is 3.42. The van der Waals surface area contributed by atoms with Gasteiger partial charge in [0.25, 0.3) is 5.91 Å². The van der Waals surface area contributed by atoms with Crippen LogP contribution in [-0.4, -0.2) is 24.5 Å². The van der Waals surface area contributed by atoms with Gasteiger partial charge < -0.3 is 9.64 Å². The molecule has 1 saturated heterocycles. The van der Waals surface area contributed by atoms with Gasteiger partial charge >= 0.3 is 0 Å². The molecule has 0 spiro atoms. The van der Waals surface area contributed by atoms with Crippen molar-refractivity contribution < 1.29 is 13.9 Å². The minimum atomic E-state index is -0.258. The molecule has 4 heteroatoms. The highest BCUT2D eigenvalue weighted by Crippen LogP contribution is 2.34. The van der Waals surface area contributed by atoms with Gasteiger partial charge in [-0.05, 0) is 48.4 Å². The molecule has 3 nitrogen and oxygen atoms in total. The minimum absolute atomic E-state index is 0.00164. The number of ether oxygens (including phenoxy) is 1. The minimum Gasteiger partial charge on any atom is -0.497 e. The van der Waals surface area contributed by atoms with Crippen LogP contribution in [0.3, 0.4) is 0 Å². The number of likely N-dealkylation sites (tertiary alicyclic amines) is 1. The number of hydrogen-bond acceptors (Lipinski definition) is 2. The van der Waals surface area contributed by atoms with Crippen LogP contribution in [0.15, 0.2) is 48.5 Å². The number of carbonyl (C=O) groups excluding carboxylic acids is 1. The first-order chi connectivity index (χ1) is 10.2. The van der Waals surface area contributed by atoms with Crippen LogP contribution in [0.5, 0.6) is 5.75 Å². The van der Waals surface area contributed by atoms with Gasteiger partial charge in [-0.1, -0.05) is 12.1 Å². The number of nitrogens with zero attached hydrogens (tertiary/aromatic N) is 1. The number of benzene rings is 2. The van der Waals surface area contributed by atoms with E-state index in [9.17, 15) is 9.18 Å². The number of rotatable bonds is 3. The first kappa shape index (κ1) is 13.6. The largest absolute Gasteiger partial charge is 0.497 e. The highest BCUT2D eigenvalue weighted by Gasteiger charge is 2.33. The molecule has 1 atom stereocenters. The summed E-state index contributed by atoms with van der Waals surface area (Å²) in [6.07, 6.45) is 0.910. The van der Waals surface area contributed by atoms with Gasteiger partial charge in [-0.15, -0.1) is 0 Å². The second-order valence-electron chi connectivity index (χ2n) is 5.08. The summed E-state index contributed by atoms with van der Waals surface area (Å²) in [6, 6.07) is 13.5. The summed E-state index contributed by atoms with van der Waals surface area (Å²) in [5.41, 5.74) is 1.62. The van der Waals surface area contributed by atoms with Crippen molar-refractivity contribution in [3.05, 3.63) is 65.5 Å². The lowest BCUT2D eigenvalue weighted by molar-refractivity contribution is 0.0460. The smallest absolute Gasteiger partial charge is 0.254 e. The van der Waals surface area contributed by atoms with Crippen molar-refractivity contribution in [1.29, 1.82) is 0 Å². The molecule has 1 aliphatic heterocycles. The molecule has 1 fully saturated rings. The van der Waals surface area contributed by atoms with Gasteiger partial charge in [0.2, 0.25) is 0 Å². The van der Waals surface area contributed by atoms with Crippen LogP contribution in [0.1, 0.15) is 28.4 Å². The monoisotopic (exact) mass is 285 g/mol. The highest BCUT2D eigenvalue weighted by molar-refractivity contribution is 5.95. The Bertz CT molecular complexity index is 637. The Hall–Kier alpha value is -2.36. The average Bonchev–Trinajstić information content (AvgIpc) is 2.48. The molecule has 0 bridgehead atoms. The summed E-state index contributed by atoms with van der Waals surface area (Å²) in [5, 5.41) is 0. The van der Waals surface area contributed by atoms with Crippen LogP contribution < -0.4 is 4.74 Å². The Morgan fingerprint density at radius 3 is 2.33 bits per heavy atom. The van der Waals surface area contributed by atoms with Gasteiger partial charge in [-0.3, -0.25) is 4.79 Å². The summed E-state index contributed by atoms with van der Waals surface area (Å²) in [5.74, 6) is 0.467. The Balaban J connectivity index is 1.76. The summed E-state index contributed by atoms with van der Waals surface area (Å²) in [6.45, 7) is 0.729. The number of methoxy groups -OCH3 is 1. The van der Waals surface area contributed by atoms with Crippen molar-refractivity contribution in [1.82, 2.24) is 4.90 Å². The molecule has 0 aliphatic carbocycles. The van der Waals surface area contributed by atoms with Crippen LogP contribution >= 0.6 is 0 Å². The van der Waals surface area contributed by atoms with E-state index in [0.29, 0.717) is 5.56 Å². The molecule has 3 rings (SSSR count). The van der Waals surface area contributed by atoms with Crippen molar-refractivity contribution in [2.24, 2.45) is 0 Å². The molecule has 2 aromatic rings. The third kappa shape index (κ3) is 2.61. The van der Waals surface area contributed by atoms with Crippen molar-refractivity contribution >= 4 is 5.91 Å². The van der Waals surface area contributed by atoms with E-state index in [1.54, 1.807) is 43.5 Å². The molecule has 0 unspecified atom stereocenters. The highest BCUT2D eigenvalue weighted by atomic mass is 19.1. The zero-order chi connectivity index (χ0) is 14.8. The Labute approximate surface area is 123 Å². The normalized spacial score (nSPS) is 17.2. The van der Waals surface area contributed by atoms with Crippen LogP contribution in [0, 0.1) is 5.82 Å². The maximum Gasteiger partial charge on any atom is 0.254 e. The van der Waals surface area contributed by atoms with Crippen molar-refractivity contribution in [2.75, 3.05) is 13.7 Å². The first-order valence-electron chi connectivity index (χ1n) is 6.89. The molecule has 0 aromatic heterocycles. The number of amides is 1. The lowest BCUT2D eigenvalue weighted by atomic mass is 9.93. The molecule has 21 heavy (non-hydrogen) atoms. The Kier molecular flexibility index (Phi) is 3.60. The van der Waals surface area contributed by atoms with Crippen molar-refractivity contribution in [3.8, 4) is 5.75 Å². The number of hydrogen-bond donors (Lipinski definition) is 0. The van der Waals surface area contributed by atoms with Gasteiger partial charge in [0.1, 0.15) is 11.6 Å². The fourth-order valence-electron chi connectivity index (χ4n) is 2.56.